The van der Waals surface area contributed by atoms with Crippen molar-refractivity contribution in [1.82, 2.24) is 0 Å². The Hall–Kier alpha value is -1.67. The van der Waals surface area contributed by atoms with E-state index in [0.717, 1.165) is 16.7 Å². The van der Waals surface area contributed by atoms with Crippen LogP contribution in [0.4, 0.5) is 5.69 Å². The average molecular weight is 250 g/mol. The van der Waals surface area contributed by atoms with E-state index in [-0.39, 0.29) is 18.2 Å². The van der Waals surface area contributed by atoms with Crippen LogP contribution in [0.15, 0.2) is 36.4 Å². The number of phenols is 1. The van der Waals surface area contributed by atoms with E-state index >= 15 is 0 Å². The zero-order chi connectivity index (χ0) is 11.7. The highest BCUT2D eigenvalue weighted by Crippen LogP contribution is 2.33. The second kappa shape index (κ2) is 5.11. The van der Waals surface area contributed by atoms with Gasteiger partial charge in [-0.3, -0.25) is 0 Å². The minimum Gasteiger partial charge on any atom is -0.507 e. The fourth-order valence-electron chi connectivity index (χ4n) is 1.89. The lowest BCUT2D eigenvalue weighted by molar-refractivity contribution is 0.477. The lowest BCUT2D eigenvalue weighted by atomic mass is 9.98. The molecule has 2 nitrogen and oxygen atoms in total. The van der Waals surface area contributed by atoms with E-state index in [2.05, 4.69) is 13.0 Å². The first kappa shape index (κ1) is 13.4. The van der Waals surface area contributed by atoms with E-state index in [1.807, 2.05) is 19.1 Å². The van der Waals surface area contributed by atoms with Crippen molar-refractivity contribution in [3.63, 3.8) is 0 Å². The molecule has 3 N–H and O–H groups in total. The Kier molecular flexibility index (Phi) is 4.02. The number of halogens is 1. The van der Waals surface area contributed by atoms with Gasteiger partial charge in [-0.1, -0.05) is 23.8 Å². The van der Waals surface area contributed by atoms with Gasteiger partial charge in [-0.05, 0) is 43.2 Å². The third-order valence-electron chi connectivity index (χ3n) is 2.69. The molecule has 0 unspecified atom stereocenters. The standard InChI is InChI=1S/C14H15NO.ClH/c1-9-3-5-12(10(2)7-9)13-8-11(15)4-6-14(13)16;/h3-8,16H,15H2,1-2H3;1H. The number of nitrogens with two attached hydrogens (primary N) is 1. The monoisotopic (exact) mass is 249 g/mol. The molecule has 0 bridgehead atoms. The summed E-state index contributed by atoms with van der Waals surface area (Å²) >= 11 is 0. The maximum absolute atomic E-state index is 9.83. The molecule has 0 fully saturated rings. The molecule has 0 spiro atoms. The molecule has 0 aromatic heterocycles. The van der Waals surface area contributed by atoms with E-state index in [1.165, 1.54) is 5.56 Å². The molecular formula is C14H16ClNO. The van der Waals surface area contributed by atoms with Gasteiger partial charge in [0, 0.05) is 11.3 Å². The molecule has 0 saturated heterocycles. The Morgan fingerprint density at radius 2 is 1.65 bits per heavy atom. The van der Waals surface area contributed by atoms with Crippen molar-refractivity contribution in [1.29, 1.82) is 0 Å². The first-order valence-electron chi connectivity index (χ1n) is 5.24. The first-order chi connectivity index (χ1) is 7.58. The van der Waals surface area contributed by atoms with E-state index < -0.39 is 0 Å². The van der Waals surface area contributed by atoms with Crippen LogP contribution in [0.5, 0.6) is 5.75 Å². The van der Waals surface area contributed by atoms with Crippen LogP contribution in [-0.2, 0) is 0 Å². The van der Waals surface area contributed by atoms with Crippen LogP contribution < -0.4 is 5.73 Å². The van der Waals surface area contributed by atoms with Crippen LogP contribution >= 0.6 is 12.4 Å². The lowest BCUT2D eigenvalue weighted by Crippen LogP contribution is -1.89. The Morgan fingerprint density at radius 3 is 2.29 bits per heavy atom. The highest BCUT2D eigenvalue weighted by molar-refractivity contribution is 5.85. The summed E-state index contributed by atoms with van der Waals surface area (Å²) in [6, 6.07) is 11.3. The number of aromatic hydroxyl groups is 1. The van der Waals surface area contributed by atoms with Gasteiger partial charge in [-0.25, -0.2) is 0 Å². The minimum atomic E-state index is 0. The van der Waals surface area contributed by atoms with Gasteiger partial charge in [-0.15, -0.1) is 12.4 Å². The third kappa shape index (κ3) is 2.71. The van der Waals surface area contributed by atoms with E-state index in [9.17, 15) is 5.11 Å². The molecule has 3 heteroatoms. The summed E-state index contributed by atoms with van der Waals surface area (Å²) in [5.41, 5.74) is 10.6. The second-order valence-corrected chi connectivity index (χ2v) is 4.09. The fraction of sp³-hybridized carbons (Fsp3) is 0.143. The highest BCUT2D eigenvalue weighted by atomic mass is 35.5. The predicted molar refractivity (Wildman–Crippen MR) is 74.7 cm³/mol. The number of phenolic OH excluding ortho intramolecular Hbond substituents is 1. The molecule has 2 aromatic carbocycles. The maximum Gasteiger partial charge on any atom is 0.123 e. The summed E-state index contributed by atoms with van der Waals surface area (Å²) in [4.78, 5) is 0. The molecule has 0 aliphatic heterocycles. The molecule has 0 atom stereocenters. The molecule has 0 aliphatic carbocycles. The Labute approximate surface area is 108 Å². The molecule has 2 rings (SSSR count). The zero-order valence-corrected chi connectivity index (χ0v) is 10.7. The maximum atomic E-state index is 9.83. The van der Waals surface area contributed by atoms with Gasteiger partial charge >= 0.3 is 0 Å². The molecule has 2 aromatic rings. The number of aryl methyl sites for hydroxylation is 2. The Bertz CT molecular complexity index is 538. The van der Waals surface area contributed by atoms with Gasteiger partial charge in [0.2, 0.25) is 0 Å². The first-order valence-corrected chi connectivity index (χ1v) is 5.24. The van der Waals surface area contributed by atoms with Crippen LogP contribution in [0.25, 0.3) is 11.1 Å². The molecule has 0 radical (unpaired) electrons. The Morgan fingerprint density at radius 1 is 0.941 bits per heavy atom. The average Bonchev–Trinajstić information content (AvgIpc) is 2.22. The van der Waals surface area contributed by atoms with Crippen molar-refractivity contribution < 1.29 is 5.11 Å². The Balaban J connectivity index is 0.00000144. The summed E-state index contributed by atoms with van der Waals surface area (Å²) in [7, 11) is 0. The van der Waals surface area contributed by atoms with E-state index in [4.69, 9.17) is 5.73 Å². The van der Waals surface area contributed by atoms with Crippen molar-refractivity contribution in [2.75, 3.05) is 5.73 Å². The van der Waals surface area contributed by atoms with Gasteiger partial charge < -0.3 is 10.8 Å². The van der Waals surface area contributed by atoms with Gasteiger partial charge in [0.15, 0.2) is 0 Å². The number of benzene rings is 2. The van der Waals surface area contributed by atoms with Crippen molar-refractivity contribution in [2.24, 2.45) is 0 Å². The number of nitrogen functional groups attached to an aromatic ring is 1. The summed E-state index contributed by atoms with van der Waals surface area (Å²) < 4.78 is 0. The SMILES string of the molecule is Cc1ccc(-c2cc(N)ccc2O)c(C)c1.Cl. The molecule has 17 heavy (non-hydrogen) atoms. The van der Waals surface area contributed by atoms with Crippen LogP contribution in [0.1, 0.15) is 11.1 Å². The fourth-order valence-corrected chi connectivity index (χ4v) is 1.89. The lowest BCUT2D eigenvalue weighted by Gasteiger charge is -2.09. The largest absolute Gasteiger partial charge is 0.507 e. The smallest absolute Gasteiger partial charge is 0.123 e. The molecule has 0 aliphatic rings. The molecule has 0 heterocycles. The number of anilines is 1. The van der Waals surface area contributed by atoms with Crippen molar-refractivity contribution in [3.8, 4) is 16.9 Å². The van der Waals surface area contributed by atoms with Gasteiger partial charge in [0.05, 0.1) is 0 Å². The highest BCUT2D eigenvalue weighted by Gasteiger charge is 2.07. The van der Waals surface area contributed by atoms with Gasteiger partial charge in [0.1, 0.15) is 5.75 Å². The van der Waals surface area contributed by atoms with Crippen molar-refractivity contribution in [3.05, 3.63) is 47.5 Å². The minimum absolute atomic E-state index is 0. The van der Waals surface area contributed by atoms with Crippen LogP contribution in [0.3, 0.4) is 0 Å². The summed E-state index contributed by atoms with van der Waals surface area (Å²) in [6.07, 6.45) is 0. The van der Waals surface area contributed by atoms with Crippen LogP contribution in [0, 0.1) is 13.8 Å². The molecule has 0 saturated carbocycles. The quantitative estimate of drug-likeness (QED) is 0.598. The number of hydrogen-bond donors (Lipinski definition) is 2. The third-order valence-corrected chi connectivity index (χ3v) is 2.69. The molecule has 90 valence electrons. The topological polar surface area (TPSA) is 46.2 Å². The number of hydrogen-bond acceptors (Lipinski definition) is 2. The summed E-state index contributed by atoms with van der Waals surface area (Å²) in [5.74, 6) is 0.265. The van der Waals surface area contributed by atoms with Crippen LogP contribution in [-0.4, -0.2) is 5.11 Å². The molecular weight excluding hydrogens is 234 g/mol. The van der Waals surface area contributed by atoms with Crippen LogP contribution in [0.2, 0.25) is 0 Å². The predicted octanol–water partition coefficient (Wildman–Crippen LogP) is 3.68. The van der Waals surface area contributed by atoms with E-state index in [1.54, 1.807) is 18.2 Å². The van der Waals surface area contributed by atoms with E-state index in [0.29, 0.717) is 5.69 Å². The molecule has 0 amide bonds. The van der Waals surface area contributed by atoms with Crippen molar-refractivity contribution >= 4 is 18.1 Å². The van der Waals surface area contributed by atoms with Gasteiger partial charge in [-0.2, -0.15) is 0 Å². The zero-order valence-electron chi connectivity index (χ0n) is 9.90. The summed E-state index contributed by atoms with van der Waals surface area (Å²) in [6.45, 7) is 4.08. The second-order valence-electron chi connectivity index (χ2n) is 4.09. The summed E-state index contributed by atoms with van der Waals surface area (Å²) in [5, 5.41) is 9.83. The van der Waals surface area contributed by atoms with Crippen molar-refractivity contribution in [2.45, 2.75) is 13.8 Å². The normalized spacial score (nSPS) is 9.76. The van der Waals surface area contributed by atoms with Gasteiger partial charge in [0.25, 0.3) is 0 Å². The number of rotatable bonds is 1.